The minimum atomic E-state index is -1.22. The summed E-state index contributed by atoms with van der Waals surface area (Å²) < 4.78 is 209. The van der Waals surface area contributed by atoms with Crippen molar-refractivity contribution in [1.82, 2.24) is 30.0 Å². The lowest BCUT2D eigenvalue weighted by atomic mass is 9.99. The highest BCUT2D eigenvalue weighted by molar-refractivity contribution is 5.69. The molecule has 49 nitrogen and oxygen atoms in total. The molecule has 0 aliphatic carbocycles. The second-order valence-corrected chi connectivity index (χ2v) is 29.0. The molecule has 4 rings (SSSR count). The van der Waals surface area contributed by atoms with Crippen LogP contribution in [0.2, 0.25) is 0 Å². The molecule has 2 aromatic rings. The third-order valence-electron chi connectivity index (χ3n) is 17.8. The third-order valence-corrected chi connectivity index (χ3v) is 17.8. The lowest BCUT2D eigenvalue weighted by Gasteiger charge is -2.43. The topological polar surface area (TPSA) is 505 Å². The molecule has 0 spiro atoms. The third kappa shape index (κ3) is 68.6. The predicted octanol–water partition coefficient (Wildman–Crippen LogP) is 0.131. The Morgan fingerprint density at radius 1 is 0.222 bits per heavy atom. The number of hydrogen-bond donors (Lipinski definition) is 0. The fourth-order valence-corrected chi connectivity index (χ4v) is 11.7. The predicted molar refractivity (Wildman–Crippen MR) is 464 cm³/mol. The van der Waals surface area contributed by atoms with Gasteiger partial charge in [-0.3, -0.25) is 28.8 Å². The lowest BCUT2D eigenvalue weighted by Crippen LogP contribution is -2.61. The monoisotopic (exact) mass is 1960 g/mol. The summed E-state index contributed by atoms with van der Waals surface area (Å²) >= 11 is 0. The molecule has 0 N–H and O–H groups in total. The van der Waals surface area contributed by atoms with Gasteiger partial charge in [0.2, 0.25) is 0 Å². The molecular formula is C86H152N6O43. The van der Waals surface area contributed by atoms with Crippen molar-refractivity contribution in [2.24, 2.45) is 0 Å². The van der Waals surface area contributed by atoms with Gasteiger partial charge in [-0.1, -0.05) is 10.4 Å². The van der Waals surface area contributed by atoms with E-state index in [1.165, 1.54) is 41.5 Å². The molecule has 0 amide bonds. The average molecular weight is 1960 g/mol. The van der Waals surface area contributed by atoms with Crippen molar-refractivity contribution in [3.8, 4) is 0 Å². The highest BCUT2D eigenvalue weighted by Gasteiger charge is 2.52. The molecule has 2 aromatic heterocycles. The highest BCUT2D eigenvalue weighted by Crippen LogP contribution is 2.32. The van der Waals surface area contributed by atoms with E-state index in [1.807, 2.05) is 0 Å². The van der Waals surface area contributed by atoms with Gasteiger partial charge >= 0.3 is 35.8 Å². The molecule has 2 aliphatic heterocycles. The Hall–Kier alpha value is -6.14. The van der Waals surface area contributed by atoms with E-state index in [0.717, 1.165) is 0 Å². The standard InChI is InChI=1S/C86H152N6O43/c1-69-79(130-71(3)93)81(132-73(5)95)83(134-75(7)97)85(128-69)126-67-77-65-91(89-87-77)9-11-99-13-15-101-17-19-103-21-23-105-25-27-107-29-31-109-33-35-111-37-39-113-41-43-115-45-47-117-49-51-119-53-55-121-57-59-123-61-63-125-64-62-124-60-58-122-56-54-120-52-50-118-48-46-116-44-42-114-40-38-112-36-34-110-32-30-108-28-26-106-24-22-104-20-18-102-16-14-100-12-10-92-66-78(88-90-92)68-127-86-84(135-76(8)98)82(133-74(6)96)80(70(2)129-86)131-72(4)94/h65-66,69-70,79-86H,9-64,67-68H2,1-8H3/t69?,70?,79-,80-,81?,82?,83-,84?,85-,86-/m1/s1. The van der Waals surface area contributed by atoms with Crippen LogP contribution in [0, 0.1) is 0 Å². The van der Waals surface area contributed by atoms with Gasteiger partial charge in [-0.15, -0.1) is 10.2 Å². The highest BCUT2D eigenvalue weighted by atomic mass is 16.8. The van der Waals surface area contributed by atoms with Crippen molar-refractivity contribution in [2.75, 3.05) is 357 Å². The van der Waals surface area contributed by atoms with Gasteiger partial charge in [-0.25, -0.2) is 9.36 Å². The van der Waals surface area contributed by atoms with E-state index in [4.69, 9.17) is 175 Å². The number of hydrogen-bond acceptors (Lipinski definition) is 47. The van der Waals surface area contributed by atoms with Crippen molar-refractivity contribution in [3.63, 3.8) is 0 Å². The first-order valence-corrected chi connectivity index (χ1v) is 45.9. The van der Waals surface area contributed by atoms with E-state index in [-0.39, 0.29) is 13.2 Å². The molecule has 784 valence electrons. The Bertz CT molecular complexity index is 2950. The van der Waals surface area contributed by atoms with Crippen LogP contribution < -0.4 is 0 Å². The average Bonchev–Trinajstić information content (AvgIpc) is 1.03. The van der Waals surface area contributed by atoms with Gasteiger partial charge in [0.1, 0.15) is 11.4 Å². The molecule has 0 saturated carbocycles. The van der Waals surface area contributed by atoms with Crippen molar-refractivity contribution in [1.29, 1.82) is 0 Å². The zero-order valence-electron chi connectivity index (χ0n) is 80.2. The van der Waals surface area contributed by atoms with Crippen LogP contribution in [0.25, 0.3) is 0 Å². The maximum absolute atomic E-state index is 12.0. The summed E-state index contributed by atoms with van der Waals surface area (Å²) in [5, 5.41) is 16.4. The Morgan fingerprint density at radius 2 is 0.363 bits per heavy atom. The van der Waals surface area contributed by atoms with Crippen LogP contribution in [0.15, 0.2) is 12.4 Å². The van der Waals surface area contributed by atoms with Crippen LogP contribution in [-0.4, -0.2) is 484 Å². The molecule has 0 aromatic carbocycles. The van der Waals surface area contributed by atoms with Gasteiger partial charge in [-0.05, 0) is 13.8 Å². The molecule has 2 aliphatic rings. The van der Waals surface area contributed by atoms with E-state index in [9.17, 15) is 28.8 Å². The molecule has 2 saturated heterocycles. The molecule has 49 heteroatoms. The minimum absolute atomic E-state index is 0.0724. The quantitative estimate of drug-likeness (QED) is 0.0482. The number of carbonyl (C=O) groups is 6. The Kier molecular flexibility index (Phi) is 77.0. The van der Waals surface area contributed by atoms with Gasteiger partial charge in [0.15, 0.2) is 49.2 Å². The number of ether oxygens (including phenoxy) is 37. The normalized spacial score (nSPS) is 18.4. The van der Waals surface area contributed by atoms with Crippen LogP contribution in [-0.2, 0) is 230 Å². The number of esters is 6. The summed E-state index contributed by atoms with van der Waals surface area (Å²) in [6, 6.07) is 0. The number of carbonyl (C=O) groups excluding carboxylic acids is 6. The molecule has 0 radical (unpaired) electrons. The van der Waals surface area contributed by atoms with E-state index >= 15 is 0 Å². The van der Waals surface area contributed by atoms with Gasteiger partial charge in [-0.2, -0.15) is 0 Å². The van der Waals surface area contributed by atoms with E-state index in [2.05, 4.69) is 20.6 Å². The van der Waals surface area contributed by atoms with E-state index in [1.54, 1.807) is 35.6 Å². The first-order chi connectivity index (χ1) is 66.0. The SMILES string of the molecule is CC(=O)OC1C(OC(C)=O)[C@H](OC(C)=O)C(C)O[C@H]1OCc1cn(CCOCCOCCOCCOCCOCCOCCOCCOCCOCCOCCOCCOCCOCCOCCOCCOCCOCCOCCOCCOCCOCCOCCOCCOCCOCCOCCOCCn2cc(CO[C@@H]3OC(C)[C@@H](OC(C)=O)C(OC(C)=O)[C@H]3OC(C)=O)nn2)nn1. The zero-order valence-corrected chi connectivity index (χ0v) is 80.2. The Balaban J connectivity index is 0.717. The molecule has 0 bridgehead atoms. The maximum atomic E-state index is 12.0. The summed E-state index contributed by atoms with van der Waals surface area (Å²) in [5.41, 5.74) is 0.913. The molecule has 135 heavy (non-hydrogen) atoms. The summed E-state index contributed by atoms with van der Waals surface area (Å²) in [4.78, 5) is 71.3. The smallest absolute Gasteiger partial charge is 0.303 e. The van der Waals surface area contributed by atoms with Gasteiger partial charge in [0.05, 0.1) is 408 Å². The Labute approximate surface area is 790 Å². The van der Waals surface area contributed by atoms with Crippen molar-refractivity contribution < 1.29 is 204 Å². The summed E-state index contributed by atoms with van der Waals surface area (Å²) in [5.74, 6) is -3.92. The summed E-state index contributed by atoms with van der Waals surface area (Å²) in [6.07, 6.45) is -7.35. The summed E-state index contributed by atoms with van der Waals surface area (Å²) in [7, 11) is 0. The largest absolute Gasteiger partial charge is 0.456 e. The second kappa shape index (κ2) is 85.8. The van der Waals surface area contributed by atoms with Crippen LogP contribution in [0.3, 0.4) is 0 Å². The van der Waals surface area contributed by atoms with E-state index in [0.29, 0.717) is 381 Å². The van der Waals surface area contributed by atoms with Gasteiger partial charge in [0, 0.05) is 41.5 Å². The fraction of sp³-hybridized carbons (Fsp3) is 0.884. The van der Waals surface area contributed by atoms with Crippen LogP contribution in [0.5, 0.6) is 0 Å². The van der Waals surface area contributed by atoms with Gasteiger partial charge < -0.3 is 175 Å². The zero-order chi connectivity index (χ0) is 97.0. The first kappa shape index (κ1) is 121. The van der Waals surface area contributed by atoms with Crippen LogP contribution >= 0.6 is 0 Å². The number of rotatable bonds is 96. The minimum Gasteiger partial charge on any atom is -0.456 e. The molecular weight excluding hydrogens is 1800 g/mol. The lowest BCUT2D eigenvalue weighted by molar-refractivity contribution is -0.303. The molecule has 5 unspecified atom stereocenters. The number of nitrogens with zero attached hydrogens (tertiary/aromatic N) is 6. The van der Waals surface area contributed by atoms with Crippen molar-refractivity contribution in [2.45, 2.75) is 143 Å². The maximum Gasteiger partial charge on any atom is 0.303 e. The van der Waals surface area contributed by atoms with Crippen LogP contribution in [0.1, 0.15) is 66.8 Å². The van der Waals surface area contributed by atoms with E-state index < -0.39 is 97.2 Å². The van der Waals surface area contributed by atoms with Crippen molar-refractivity contribution in [3.05, 3.63) is 23.8 Å². The summed E-state index contributed by atoms with van der Waals surface area (Å²) in [6.45, 7) is 34.9. The first-order valence-electron chi connectivity index (χ1n) is 45.9. The fourth-order valence-electron chi connectivity index (χ4n) is 11.7. The van der Waals surface area contributed by atoms with Crippen molar-refractivity contribution >= 4 is 35.8 Å². The Morgan fingerprint density at radius 3 is 0.519 bits per heavy atom. The molecule has 4 heterocycles. The van der Waals surface area contributed by atoms with Crippen LogP contribution in [0.4, 0.5) is 0 Å². The second-order valence-electron chi connectivity index (χ2n) is 29.0. The molecule has 2 fully saturated rings. The van der Waals surface area contributed by atoms with Gasteiger partial charge in [0.25, 0.3) is 0 Å². The number of aromatic nitrogens is 6. The molecule has 10 atom stereocenters.